The SMILES string of the molecule is COC(=O)C(N)CC(C)CCc1cc(C(F)(F)F)cc(C(F)(F)F)c1. The predicted molar refractivity (Wildman–Crippen MR) is 78.5 cm³/mol. The Labute approximate surface area is 141 Å². The van der Waals surface area contributed by atoms with Gasteiger partial charge in [-0.1, -0.05) is 6.92 Å². The van der Waals surface area contributed by atoms with Crippen molar-refractivity contribution in [3.8, 4) is 0 Å². The molecular weight excluding hydrogens is 352 g/mol. The molecule has 2 N–H and O–H groups in total. The zero-order valence-corrected chi connectivity index (χ0v) is 13.7. The fourth-order valence-corrected chi connectivity index (χ4v) is 2.38. The number of halogens is 6. The lowest BCUT2D eigenvalue weighted by molar-refractivity contribution is -0.144. The van der Waals surface area contributed by atoms with Crippen LogP contribution in [0.25, 0.3) is 0 Å². The first-order valence-electron chi connectivity index (χ1n) is 7.46. The molecule has 1 rings (SSSR count). The van der Waals surface area contributed by atoms with E-state index in [1.54, 1.807) is 6.92 Å². The van der Waals surface area contributed by atoms with Crippen LogP contribution in [0.2, 0.25) is 0 Å². The van der Waals surface area contributed by atoms with Crippen molar-refractivity contribution in [1.29, 1.82) is 0 Å². The number of methoxy groups -OCH3 is 1. The highest BCUT2D eigenvalue weighted by Crippen LogP contribution is 2.36. The maximum atomic E-state index is 12.8. The van der Waals surface area contributed by atoms with E-state index in [9.17, 15) is 31.1 Å². The van der Waals surface area contributed by atoms with Crippen molar-refractivity contribution >= 4 is 5.97 Å². The fraction of sp³-hybridized carbons (Fsp3) is 0.562. The highest BCUT2D eigenvalue weighted by atomic mass is 19.4. The molecule has 0 bridgehead atoms. The highest BCUT2D eigenvalue weighted by Gasteiger charge is 2.36. The normalized spacial score (nSPS) is 14.9. The van der Waals surface area contributed by atoms with Crippen molar-refractivity contribution < 1.29 is 35.9 Å². The number of esters is 1. The number of hydrogen-bond donors (Lipinski definition) is 1. The summed E-state index contributed by atoms with van der Waals surface area (Å²) in [5.41, 5.74) is 2.85. The first-order chi connectivity index (χ1) is 11.3. The Balaban J connectivity index is 2.89. The van der Waals surface area contributed by atoms with Crippen LogP contribution in [0.4, 0.5) is 26.3 Å². The van der Waals surface area contributed by atoms with Gasteiger partial charge in [0.05, 0.1) is 18.2 Å². The topological polar surface area (TPSA) is 52.3 Å². The lowest BCUT2D eigenvalue weighted by Gasteiger charge is -2.17. The van der Waals surface area contributed by atoms with E-state index >= 15 is 0 Å². The summed E-state index contributed by atoms with van der Waals surface area (Å²) in [6.45, 7) is 1.71. The number of aryl methyl sites for hydroxylation is 1. The quantitative estimate of drug-likeness (QED) is 0.603. The van der Waals surface area contributed by atoms with Crippen LogP contribution in [0.15, 0.2) is 18.2 Å². The summed E-state index contributed by atoms with van der Waals surface area (Å²) in [4.78, 5) is 11.2. The van der Waals surface area contributed by atoms with Crippen LogP contribution in [0.1, 0.15) is 36.5 Å². The number of ether oxygens (including phenoxy) is 1. The second kappa shape index (κ2) is 8.07. The van der Waals surface area contributed by atoms with Crippen molar-refractivity contribution in [2.24, 2.45) is 11.7 Å². The maximum absolute atomic E-state index is 12.8. The van der Waals surface area contributed by atoms with Crippen molar-refractivity contribution in [2.75, 3.05) is 7.11 Å². The van der Waals surface area contributed by atoms with E-state index in [1.165, 1.54) is 7.11 Å². The van der Waals surface area contributed by atoms with E-state index in [0.717, 1.165) is 0 Å². The summed E-state index contributed by atoms with van der Waals surface area (Å²) in [5.74, 6) is -0.803. The Morgan fingerprint density at radius 3 is 1.96 bits per heavy atom. The average Bonchev–Trinajstić information content (AvgIpc) is 2.50. The Bertz CT molecular complexity index is 565. The van der Waals surface area contributed by atoms with Gasteiger partial charge in [0.1, 0.15) is 6.04 Å². The third-order valence-corrected chi connectivity index (χ3v) is 3.73. The molecule has 1 aromatic carbocycles. The molecule has 0 aliphatic rings. The number of carbonyl (C=O) groups is 1. The van der Waals surface area contributed by atoms with E-state index in [4.69, 9.17) is 5.73 Å². The monoisotopic (exact) mass is 371 g/mol. The van der Waals surface area contributed by atoms with Gasteiger partial charge in [0.15, 0.2) is 0 Å². The number of hydrogen-bond acceptors (Lipinski definition) is 3. The predicted octanol–water partition coefficient (Wildman–Crippen LogP) is 4.18. The van der Waals surface area contributed by atoms with Gasteiger partial charge in [0, 0.05) is 0 Å². The standard InChI is InChI=1S/C16H19F6NO2/c1-9(5-13(23)14(24)25-2)3-4-10-6-11(15(17,18)19)8-12(7-10)16(20,21)22/h6-9,13H,3-5,23H2,1-2H3. The molecule has 9 heteroatoms. The lowest BCUT2D eigenvalue weighted by atomic mass is 9.93. The van der Waals surface area contributed by atoms with Crippen molar-refractivity contribution in [2.45, 2.75) is 44.6 Å². The summed E-state index contributed by atoms with van der Waals surface area (Å²) in [6, 6.07) is 0.636. The summed E-state index contributed by atoms with van der Waals surface area (Å²) in [5, 5.41) is 0. The molecule has 2 atom stereocenters. The highest BCUT2D eigenvalue weighted by molar-refractivity contribution is 5.75. The van der Waals surface area contributed by atoms with Crippen LogP contribution >= 0.6 is 0 Å². The van der Waals surface area contributed by atoms with Crippen LogP contribution in [-0.2, 0) is 28.3 Å². The van der Waals surface area contributed by atoms with Crippen molar-refractivity contribution in [3.63, 3.8) is 0 Å². The molecule has 3 nitrogen and oxygen atoms in total. The van der Waals surface area contributed by atoms with E-state index < -0.39 is 35.5 Å². The summed E-state index contributed by atoms with van der Waals surface area (Å²) in [6.07, 6.45) is -9.23. The van der Waals surface area contributed by atoms with Gasteiger partial charge in [-0.05, 0) is 48.9 Å². The second-order valence-electron chi connectivity index (χ2n) is 5.92. The van der Waals surface area contributed by atoms with Crippen LogP contribution in [-0.4, -0.2) is 19.1 Å². The molecule has 1 aromatic rings. The largest absolute Gasteiger partial charge is 0.468 e. The minimum atomic E-state index is -4.87. The van der Waals surface area contributed by atoms with Gasteiger partial charge < -0.3 is 10.5 Å². The van der Waals surface area contributed by atoms with Gasteiger partial charge in [0.2, 0.25) is 0 Å². The molecule has 0 heterocycles. The van der Waals surface area contributed by atoms with Crippen LogP contribution in [0, 0.1) is 5.92 Å². The van der Waals surface area contributed by atoms with Crippen LogP contribution in [0.5, 0.6) is 0 Å². The number of nitrogens with two attached hydrogens (primary N) is 1. The van der Waals surface area contributed by atoms with Crippen molar-refractivity contribution in [3.05, 3.63) is 34.9 Å². The molecule has 0 aliphatic heterocycles. The number of alkyl halides is 6. The Hall–Kier alpha value is -1.77. The minimum Gasteiger partial charge on any atom is -0.468 e. The molecule has 2 unspecified atom stereocenters. The molecule has 0 saturated carbocycles. The maximum Gasteiger partial charge on any atom is 0.416 e. The van der Waals surface area contributed by atoms with E-state index in [2.05, 4.69) is 4.74 Å². The third-order valence-electron chi connectivity index (χ3n) is 3.73. The smallest absolute Gasteiger partial charge is 0.416 e. The first-order valence-corrected chi connectivity index (χ1v) is 7.46. The van der Waals surface area contributed by atoms with E-state index in [0.29, 0.717) is 12.1 Å². The third kappa shape index (κ3) is 6.56. The summed E-state index contributed by atoms with van der Waals surface area (Å²) >= 11 is 0. The number of rotatable bonds is 6. The molecule has 0 spiro atoms. The summed E-state index contributed by atoms with van der Waals surface area (Å²) < 4.78 is 81.3. The van der Waals surface area contributed by atoms with Crippen LogP contribution < -0.4 is 5.73 Å². The summed E-state index contributed by atoms with van der Waals surface area (Å²) in [7, 11) is 1.17. The molecule has 0 fully saturated rings. The second-order valence-corrected chi connectivity index (χ2v) is 5.92. The molecule has 0 aliphatic carbocycles. The Morgan fingerprint density at radius 1 is 1.08 bits per heavy atom. The molecule has 0 aromatic heterocycles. The van der Waals surface area contributed by atoms with E-state index in [-0.39, 0.29) is 36.8 Å². The van der Waals surface area contributed by atoms with Gasteiger partial charge in [-0.3, -0.25) is 4.79 Å². The number of benzene rings is 1. The van der Waals surface area contributed by atoms with Gasteiger partial charge in [0.25, 0.3) is 0 Å². The molecule has 0 saturated heterocycles. The Kier molecular flexibility index (Phi) is 6.87. The first kappa shape index (κ1) is 21.3. The molecular formula is C16H19F6NO2. The lowest BCUT2D eigenvalue weighted by Crippen LogP contribution is -2.33. The number of carbonyl (C=O) groups excluding carboxylic acids is 1. The van der Waals surface area contributed by atoms with Gasteiger partial charge >= 0.3 is 18.3 Å². The van der Waals surface area contributed by atoms with Crippen molar-refractivity contribution in [1.82, 2.24) is 0 Å². The van der Waals surface area contributed by atoms with E-state index in [1.807, 2.05) is 0 Å². The zero-order valence-electron chi connectivity index (χ0n) is 13.7. The molecule has 0 amide bonds. The average molecular weight is 371 g/mol. The van der Waals surface area contributed by atoms with Crippen LogP contribution in [0.3, 0.4) is 0 Å². The van der Waals surface area contributed by atoms with Gasteiger partial charge in [-0.2, -0.15) is 26.3 Å². The van der Waals surface area contributed by atoms with Gasteiger partial charge in [-0.25, -0.2) is 0 Å². The molecule has 142 valence electrons. The minimum absolute atomic E-state index is 0.00204. The zero-order chi connectivity index (χ0) is 19.4. The molecule has 25 heavy (non-hydrogen) atoms. The fourth-order valence-electron chi connectivity index (χ4n) is 2.38. The molecule has 0 radical (unpaired) electrons. The van der Waals surface area contributed by atoms with Gasteiger partial charge in [-0.15, -0.1) is 0 Å². The Morgan fingerprint density at radius 2 is 1.56 bits per heavy atom.